The van der Waals surface area contributed by atoms with Crippen LogP contribution in [0.5, 0.6) is 0 Å². The Morgan fingerprint density at radius 2 is 1.97 bits per heavy atom. The smallest absolute Gasteiger partial charge is 0.227 e. The Labute approximate surface area is 194 Å². The molecule has 0 bridgehead atoms. The van der Waals surface area contributed by atoms with E-state index in [2.05, 4.69) is 51.1 Å². The molecule has 2 saturated carbocycles. The first kappa shape index (κ1) is 21.8. The van der Waals surface area contributed by atoms with Crippen LogP contribution in [0.25, 0.3) is 22.5 Å². The highest BCUT2D eigenvalue weighted by Crippen LogP contribution is 2.49. The third-order valence-electron chi connectivity index (χ3n) is 7.27. The van der Waals surface area contributed by atoms with E-state index in [1.54, 1.807) is 7.11 Å². The highest BCUT2D eigenvalue weighted by Gasteiger charge is 2.47. The third-order valence-corrected chi connectivity index (χ3v) is 7.27. The van der Waals surface area contributed by atoms with Crippen molar-refractivity contribution in [3.05, 3.63) is 47.5 Å². The van der Waals surface area contributed by atoms with Crippen molar-refractivity contribution in [2.75, 3.05) is 12.4 Å². The van der Waals surface area contributed by atoms with E-state index in [1.165, 1.54) is 32.1 Å². The van der Waals surface area contributed by atoms with E-state index in [0.717, 1.165) is 45.8 Å². The van der Waals surface area contributed by atoms with Crippen molar-refractivity contribution in [1.29, 1.82) is 0 Å². The number of aromatic amines is 1. The van der Waals surface area contributed by atoms with Gasteiger partial charge in [0.15, 0.2) is 5.82 Å². The maximum atomic E-state index is 13.0. The molecule has 1 heterocycles. The zero-order valence-corrected chi connectivity index (χ0v) is 19.3. The standard InChI is InChI=1S/C26H31N5O2/c1-16-12-18(8-9-19(16)15-33-2)21-11-10-20(13-23(21)25-28-30-31-29-25)27-26(32)24-14-22(24)17-6-4-3-5-7-17/h8-13,17,22,24H,3-7,14-15H2,1-2H3,(H,27,32)(H,28,29,30,31). The number of hydrogen-bond donors (Lipinski definition) is 2. The van der Waals surface area contributed by atoms with E-state index in [-0.39, 0.29) is 11.8 Å². The molecule has 2 aliphatic carbocycles. The Morgan fingerprint density at radius 3 is 2.70 bits per heavy atom. The maximum absolute atomic E-state index is 13.0. The monoisotopic (exact) mass is 445 g/mol. The van der Waals surface area contributed by atoms with Crippen LogP contribution in [0, 0.1) is 24.7 Å². The number of anilines is 1. The van der Waals surface area contributed by atoms with Gasteiger partial charge in [-0.25, -0.2) is 5.10 Å². The molecule has 2 atom stereocenters. The SMILES string of the molecule is COCc1ccc(-c2ccc(NC(=O)C3CC3C3CCCCC3)cc2-c2nnn[nH]2)cc1C. The fourth-order valence-electron chi connectivity index (χ4n) is 5.36. The van der Waals surface area contributed by atoms with Crippen LogP contribution in [0.3, 0.4) is 0 Å². The number of benzene rings is 2. The van der Waals surface area contributed by atoms with Crippen molar-refractivity contribution in [2.24, 2.45) is 17.8 Å². The summed E-state index contributed by atoms with van der Waals surface area (Å²) in [7, 11) is 1.70. The number of carbonyl (C=O) groups excluding carboxylic acids is 1. The van der Waals surface area contributed by atoms with E-state index >= 15 is 0 Å². The highest BCUT2D eigenvalue weighted by molar-refractivity contribution is 5.96. The zero-order chi connectivity index (χ0) is 22.8. The highest BCUT2D eigenvalue weighted by atomic mass is 16.5. The second-order valence-electron chi connectivity index (χ2n) is 9.48. The van der Waals surface area contributed by atoms with E-state index < -0.39 is 0 Å². The van der Waals surface area contributed by atoms with Crippen molar-refractivity contribution < 1.29 is 9.53 Å². The van der Waals surface area contributed by atoms with Crippen LogP contribution in [-0.2, 0) is 16.1 Å². The Balaban J connectivity index is 1.38. The number of carbonyl (C=O) groups is 1. The third kappa shape index (κ3) is 4.69. The number of amides is 1. The molecule has 0 spiro atoms. The largest absolute Gasteiger partial charge is 0.380 e. The van der Waals surface area contributed by atoms with Gasteiger partial charge in [-0.15, -0.1) is 5.10 Å². The normalized spacial score (nSPS) is 20.5. The predicted molar refractivity (Wildman–Crippen MR) is 127 cm³/mol. The number of nitrogens with one attached hydrogen (secondary N) is 2. The molecule has 7 heteroatoms. The summed E-state index contributed by atoms with van der Waals surface area (Å²) in [6.07, 6.45) is 7.58. The summed E-state index contributed by atoms with van der Waals surface area (Å²) < 4.78 is 5.29. The average molecular weight is 446 g/mol. The molecule has 3 aromatic rings. The van der Waals surface area contributed by atoms with Gasteiger partial charge in [0.05, 0.1) is 6.61 Å². The minimum atomic E-state index is 0.139. The maximum Gasteiger partial charge on any atom is 0.227 e. The van der Waals surface area contributed by atoms with E-state index in [1.807, 2.05) is 18.2 Å². The summed E-state index contributed by atoms with van der Waals surface area (Å²) in [4.78, 5) is 13.0. The lowest BCUT2D eigenvalue weighted by Gasteiger charge is -2.21. The van der Waals surface area contributed by atoms with Crippen molar-refractivity contribution in [3.8, 4) is 22.5 Å². The Kier molecular flexibility index (Phi) is 6.22. The number of rotatable bonds is 7. The van der Waals surface area contributed by atoms with E-state index in [0.29, 0.717) is 18.3 Å². The molecule has 0 radical (unpaired) electrons. The topological polar surface area (TPSA) is 92.8 Å². The van der Waals surface area contributed by atoms with Crippen molar-refractivity contribution in [3.63, 3.8) is 0 Å². The summed E-state index contributed by atoms with van der Waals surface area (Å²) in [6.45, 7) is 2.67. The van der Waals surface area contributed by atoms with Gasteiger partial charge >= 0.3 is 0 Å². The molecule has 33 heavy (non-hydrogen) atoms. The molecule has 5 rings (SSSR count). The van der Waals surface area contributed by atoms with Gasteiger partial charge in [0.2, 0.25) is 5.91 Å². The van der Waals surface area contributed by atoms with Crippen molar-refractivity contribution in [1.82, 2.24) is 20.6 Å². The van der Waals surface area contributed by atoms with Crippen LogP contribution in [0.1, 0.15) is 49.7 Å². The number of tetrazole rings is 1. The van der Waals surface area contributed by atoms with Gasteiger partial charge in [-0.2, -0.15) is 0 Å². The summed E-state index contributed by atoms with van der Waals surface area (Å²) in [5.41, 5.74) is 6.02. The molecule has 7 nitrogen and oxygen atoms in total. The molecule has 2 unspecified atom stereocenters. The second kappa shape index (κ2) is 9.43. The molecule has 2 fully saturated rings. The minimum Gasteiger partial charge on any atom is -0.380 e. The van der Waals surface area contributed by atoms with Crippen LogP contribution in [0.2, 0.25) is 0 Å². The van der Waals surface area contributed by atoms with Crippen LogP contribution in [0.4, 0.5) is 5.69 Å². The van der Waals surface area contributed by atoms with Crippen LogP contribution < -0.4 is 5.32 Å². The number of nitrogens with zero attached hydrogens (tertiary/aromatic N) is 3. The van der Waals surface area contributed by atoms with Crippen LogP contribution in [0.15, 0.2) is 36.4 Å². The second-order valence-corrected chi connectivity index (χ2v) is 9.48. The van der Waals surface area contributed by atoms with E-state index in [4.69, 9.17) is 4.74 Å². The number of H-pyrrole nitrogens is 1. The van der Waals surface area contributed by atoms with Crippen molar-refractivity contribution in [2.45, 2.75) is 52.1 Å². The number of ether oxygens (including phenoxy) is 1. The summed E-state index contributed by atoms with van der Waals surface area (Å²) in [5, 5.41) is 17.7. The lowest BCUT2D eigenvalue weighted by Crippen LogP contribution is -2.18. The Hall–Kier alpha value is -3.06. The molecule has 2 aliphatic rings. The molecule has 1 amide bonds. The molecular weight excluding hydrogens is 414 g/mol. The molecule has 172 valence electrons. The summed E-state index contributed by atoms with van der Waals surface area (Å²) in [5.74, 6) is 2.17. The summed E-state index contributed by atoms with van der Waals surface area (Å²) >= 11 is 0. The first-order chi connectivity index (χ1) is 16.1. The van der Waals surface area contributed by atoms with Gasteiger partial charge in [0.25, 0.3) is 0 Å². The van der Waals surface area contributed by atoms with Gasteiger partial charge < -0.3 is 10.1 Å². The number of aryl methyl sites for hydroxylation is 1. The number of hydrogen-bond acceptors (Lipinski definition) is 5. The predicted octanol–water partition coefficient (Wildman–Crippen LogP) is 5.14. The van der Waals surface area contributed by atoms with Crippen LogP contribution >= 0.6 is 0 Å². The van der Waals surface area contributed by atoms with E-state index in [9.17, 15) is 4.79 Å². The quantitative estimate of drug-likeness (QED) is 0.525. The van der Waals surface area contributed by atoms with Gasteiger partial charge in [-0.3, -0.25) is 4.79 Å². The van der Waals surface area contributed by atoms with Gasteiger partial charge in [0.1, 0.15) is 0 Å². The first-order valence-electron chi connectivity index (χ1n) is 11.9. The zero-order valence-electron chi connectivity index (χ0n) is 19.3. The lowest BCUT2D eigenvalue weighted by atomic mass is 9.85. The molecule has 2 N–H and O–H groups in total. The molecule has 0 aliphatic heterocycles. The fourth-order valence-corrected chi connectivity index (χ4v) is 5.36. The number of methoxy groups -OCH3 is 1. The molecule has 2 aromatic carbocycles. The molecule has 1 aromatic heterocycles. The minimum absolute atomic E-state index is 0.139. The average Bonchev–Trinajstić information content (AvgIpc) is 3.46. The Morgan fingerprint density at radius 1 is 1.12 bits per heavy atom. The first-order valence-corrected chi connectivity index (χ1v) is 11.9. The lowest BCUT2D eigenvalue weighted by molar-refractivity contribution is -0.117. The van der Waals surface area contributed by atoms with Gasteiger partial charge in [-0.1, -0.05) is 56.4 Å². The summed E-state index contributed by atoms with van der Waals surface area (Å²) in [6, 6.07) is 12.3. The molecular formula is C26H31N5O2. The fraction of sp³-hybridized carbons (Fsp3) is 0.462. The Bertz CT molecular complexity index is 1120. The van der Waals surface area contributed by atoms with Crippen LogP contribution in [-0.4, -0.2) is 33.6 Å². The van der Waals surface area contributed by atoms with Crippen molar-refractivity contribution >= 4 is 11.6 Å². The molecule has 0 saturated heterocycles. The van der Waals surface area contributed by atoms with Gasteiger partial charge in [0, 0.05) is 24.3 Å². The number of aromatic nitrogens is 4. The van der Waals surface area contributed by atoms with Gasteiger partial charge in [-0.05, 0) is 70.0 Å².